The number of aryl methyl sites for hydroxylation is 3. The molecular weight excluding hydrogens is 436 g/mol. The molecule has 0 spiro atoms. The molecule has 1 fully saturated rings. The smallest absolute Gasteiger partial charge is 0.122 e. The predicted octanol–water partition coefficient (Wildman–Crippen LogP) is 6.02. The largest absolute Gasteiger partial charge is 0.493 e. The zero-order chi connectivity index (χ0) is 25.5. The lowest BCUT2D eigenvalue weighted by atomic mass is 9.69. The maximum absolute atomic E-state index is 10.9. The van der Waals surface area contributed by atoms with Crippen LogP contribution < -0.4 is 4.74 Å². The summed E-state index contributed by atoms with van der Waals surface area (Å²) in [6.07, 6.45) is 9.22. The summed E-state index contributed by atoms with van der Waals surface area (Å²) in [7, 11) is 0. The lowest BCUT2D eigenvalue weighted by molar-refractivity contribution is -0.00344. The van der Waals surface area contributed by atoms with Crippen molar-refractivity contribution in [2.24, 2.45) is 5.92 Å². The molecule has 0 aromatic heterocycles. The summed E-state index contributed by atoms with van der Waals surface area (Å²) in [4.78, 5) is 0. The molecule has 0 aliphatic heterocycles. The maximum Gasteiger partial charge on any atom is 0.122 e. The monoisotopic (exact) mass is 482 g/mol. The molecule has 194 valence electrons. The van der Waals surface area contributed by atoms with Crippen LogP contribution in [0.15, 0.2) is 36.4 Å². The van der Waals surface area contributed by atoms with Gasteiger partial charge < -0.3 is 20.1 Å². The average Bonchev–Trinajstić information content (AvgIpc) is 2.86. The molecule has 2 aromatic carbocycles. The third-order valence-corrected chi connectivity index (χ3v) is 8.46. The molecule has 0 bridgehead atoms. The first-order chi connectivity index (χ1) is 16.8. The van der Waals surface area contributed by atoms with E-state index < -0.39 is 5.60 Å². The van der Waals surface area contributed by atoms with Gasteiger partial charge in [0.15, 0.2) is 0 Å². The van der Waals surface area contributed by atoms with E-state index >= 15 is 0 Å². The second kappa shape index (κ2) is 12.4. The summed E-state index contributed by atoms with van der Waals surface area (Å²) >= 11 is 0. The van der Waals surface area contributed by atoms with Crippen molar-refractivity contribution in [3.63, 3.8) is 0 Å². The van der Waals surface area contributed by atoms with Gasteiger partial charge in [-0.2, -0.15) is 0 Å². The lowest BCUT2D eigenvalue weighted by Crippen LogP contribution is -2.31. The minimum atomic E-state index is -0.477. The van der Waals surface area contributed by atoms with Crippen LogP contribution in [-0.2, 0) is 11.8 Å². The van der Waals surface area contributed by atoms with Gasteiger partial charge in [-0.15, -0.1) is 0 Å². The molecule has 0 heterocycles. The number of benzene rings is 2. The Kier molecular flexibility index (Phi) is 9.80. The van der Waals surface area contributed by atoms with Crippen LogP contribution in [0.3, 0.4) is 0 Å². The van der Waals surface area contributed by atoms with Crippen molar-refractivity contribution < 1.29 is 20.1 Å². The normalized spacial score (nSPS) is 16.0. The highest BCUT2D eigenvalue weighted by Gasteiger charge is 2.32. The minimum absolute atomic E-state index is 0.0765. The summed E-state index contributed by atoms with van der Waals surface area (Å²) in [5.74, 6) is 0.536. The zero-order valence-electron chi connectivity index (χ0n) is 22.3. The molecule has 1 saturated carbocycles. The first-order valence-corrected chi connectivity index (χ1v) is 13.6. The number of aliphatic hydroxyl groups excluding tert-OH is 2. The number of hydrogen-bond acceptors (Lipinski definition) is 4. The van der Waals surface area contributed by atoms with Crippen LogP contribution >= 0.6 is 0 Å². The molecule has 0 atom stereocenters. The summed E-state index contributed by atoms with van der Waals surface area (Å²) in [5, 5.41) is 29.6. The molecule has 4 nitrogen and oxygen atoms in total. The van der Waals surface area contributed by atoms with Crippen LogP contribution in [0, 0.1) is 19.8 Å². The van der Waals surface area contributed by atoms with Gasteiger partial charge in [0, 0.05) is 11.3 Å². The Morgan fingerprint density at radius 3 is 2.03 bits per heavy atom. The predicted molar refractivity (Wildman–Crippen MR) is 143 cm³/mol. The third kappa shape index (κ3) is 6.47. The molecule has 4 heteroatoms. The quantitative estimate of drug-likeness (QED) is 0.346. The van der Waals surface area contributed by atoms with E-state index in [9.17, 15) is 15.3 Å². The van der Waals surface area contributed by atoms with E-state index in [1.165, 1.54) is 28.7 Å². The van der Waals surface area contributed by atoms with Crippen LogP contribution in [0.1, 0.15) is 93.0 Å². The van der Waals surface area contributed by atoms with Gasteiger partial charge in [0.05, 0.1) is 25.4 Å². The van der Waals surface area contributed by atoms with Crippen LogP contribution in [0.25, 0.3) is 0 Å². The van der Waals surface area contributed by atoms with Gasteiger partial charge in [0.25, 0.3) is 0 Å². The van der Waals surface area contributed by atoms with E-state index in [2.05, 4.69) is 58.0 Å². The van der Waals surface area contributed by atoms with E-state index in [0.717, 1.165) is 62.7 Å². The molecule has 0 unspecified atom stereocenters. The van der Waals surface area contributed by atoms with E-state index in [0.29, 0.717) is 6.61 Å². The van der Waals surface area contributed by atoms with Crippen LogP contribution in [0.2, 0.25) is 0 Å². The highest BCUT2D eigenvalue weighted by molar-refractivity contribution is 5.47. The fourth-order valence-electron chi connectivity index (χ4n) is 5.81. The summed E-state index contributed by atoms with van der Waals surface area (Å²) in [5.41, 5.74) is 5.80. The van der Waals surface area contributed by atoms with Crippen LogP contribution in [-0.4, -0.2) is 40.7 Å². The zero-order valence-corrected chi connectivity index (χ0v) is 22.3. The topological polar surface area (TPSA) is 69.9 Å². The summed E-state index contributed by atoms with van der Waals surface area (Å²) in [6, 6.07) is 13.4. The fraction of sp³-hybridized carbons (Fsp3) is 0.613. The van der Waals surface area contributed by atoms with Crippen LogP contribution in [0.5, 0.6) is 5.75 Å². The first-order valence-electron chi connectivity index (χ1n) is 13.6. The van der Waals surface area contributed by atoms with Crippen molar-refractivity contribution in [2.45, 2.75) is 96.5 Å². The van der Waals surface area contributed by atoms with Gasteiger partial charge in [-0.1, -0.05) is 63.4 Å². The maximum atomic E-state index is 10.9. The standard InChI is InChI=1S/C31H46O4/c1-5-31(6-2,28-12-13-29(24(4)19-28)35-22-25(20-32)21-33)27-11-10-26(23(3)18-27)14-17-30(34)15-8-7-9-16-30/h10-13,18-19,25,32-34H,5-9,14-17,20-22H2,1-4H3. The van der Waals surface area contributed by atoms with E-state index in [1.54, 1.807) is 0 Å². The molecule has 3 N–H and O–H groups in total. The van der Waals surface area contributed by atoms with Gasteiger partial charge in [-0.25, -0.2) is 0 Å². The number of hydrogen-bond donors (Lipinski definition) is 3. The van der Waals surface area contributed by atoms with E-state index in [4.69, 9.17) is 4.74 Å². The molecule has 35 heavy (non-hydrogen) atoms. The number of rotatable bonds is 12. The average molecular weight is 483 g/mol. The molecule has 3 rings (SSSR count). The van der Waals surface area contributed by atoms with Gasteiger partial charge in [-0.05, 0) is 86.3 Å². The van der Waals surface area contributed by atoms with Crippen molar-refractivity contribution in [1.29, 1.82) is 0 Å². The van der Waals surface area contributed by atoms with Crippen molar-refractivity contribution in [2.75, 3.05) is 19.8 Å². The Morgan fingerprint density at radius 2 is 1.49 bits per heavy atom. The third-order valence-electron chi connectivity index (χ3n) is 8.46. The van der Waals surface area contributed by atoms with Gasteiger partial charge >= 0.3 is 0 Å². The highest BCUT2D eigenvalue weighted by Crippen LogP contribution is 2.41. The van der Waals surface area contributed by atoms with Crippen molar-refractivity contribution >= 4 is 0 Å². The Balaban J connectivity index is 1.81. The molecule has 1 aliphatic rings. The highest BCUT2D eigenvalue weighted by atomic mass is 16.5. The van der Waals surface area contributed by atoms with Gasteiger partial charge in [0.2, 0.25) is 0 Å². The van der Waals surface area contributed by atoms with Crippen LogP contribution in [0.4, 0.5) is 0 Å². The van der Waals surface area contributed by atoms with Crippen molar-refractivity contribution in [3.05, 3.63) is 64.2 Å². The van der Waals surface area contributed by atoms with Crippen molar-refractivity contribution in [1.82, 2.24) is 0 Å². The molecular formula is C31H46O4. The Bertz CT molecular complexity index is 937. The Morgan fingerprint density at radius 1 is 0.886 bits per heavy atom. The second-order valence-corrected chi connectivity index (χ2v) is 10.7. The van der Waals surface area contributed by atoms with Gasteiger partial charge in [-0.3, -0.25) is 0 Å². The fourth-order valence-corrected chi connectivity index (χ4v) is 5.81. The minimum Gasteiger partial charge on any atom is -0.493 e. The Hall–Kier alpha value is -1.88. The molecule has 0 amide bonds. The van der Waals surface area contributed by atoms with E-state index in [-0.39, 0.29) is 24.5 Å². The molecule has 0 saturated heterocycles. The number of ether oxygens (including phenoxy) is 1. The SMILES string of the molecule is CCC(CC)(c1ccc(CCC2(O)CCCCC2)c(C)c1)c1ccc(OCC(CO)CO)c(C)c1. The molecule has 0 radical (unpaired) electrons. The molecule has 2 aromatic rings. The van der Waals surface area contributed by atoms with Crippen molar-refractivity contribution in [3.8, 4) is 5.75 Å². The Labute approximate surface area is 212 Å². The van der Waals surface area contributed by atoms with Gasteiger partial charge in [0.1, 0.15) is 5.75 Å². The molecule has 1 aliphatic carbocycles. The first kappa shape index (κ1) is 27.7. The van der Waals surface area contributed by atoms with E-state index in [1.807, 2.05) is 6.07 Å². The second-order valence-electron chi connectivity index (χ2n) is 10.7. The lowest BCUT2D eigenvalue weighted by Gasteiger charge is -2.35. The summed E-state index contributed by atoms with van der Waals surface area (Å²) < 4.78 is 5.90. The number of aliphatic hydroxyl groups is 3. The summed E-state index contributed by atoms with van der Waals surface area (Å²) in [6.45, 7) is 8.92.